The number of aliphatic hydroxyl groups is 1. The van der Waals surface area contributed by atoms with E-state index in [1.54, 1.807) is 6.92 Å². The van der Waals surface area contributed by atoms with Gasteiger partial charge in [-0.05, 0) is 19.8 Å². The van der Waals surface area contributed by atoms with E-state index in [-0.39, 0.29) is 24.9 Å². The number of carbonyl (C=O) groups is 3. The number of hydrogen-bond donors (Lipinski definition) is 5. The lowest BCUT2D eigenvalue weighted by molar-refractivity contribution is -0.146. The molecule has 1 rings (SSSR count). The molecule has 1 aliphatic carbocycles. The Balaban J connectivity index is 2.15. The van der Waals surface area contributed by atoms with Crippen molar-refractivity contribution in [3.63, 3.8) is 0 Å². The van der Waals surface area contributed by atoms with Crippen LogP contribution < -0.4 is 16.0 Å². The Hall–Kier alpha value is -1.83. The molecule has 0 radical (unpaired) electrons. The lowest BCUT2D eigenvalue weighted by Gasteiger charge is -2.14. The van der Waals surface area contributed by atoms with Gasteiger partial charge in [0.2, 0.25) is 5.91 Å². The summed E-state index contributed by atoms with van der Waals surface area (Å²) in [6, 6.07) is -1.01. The van der Waals surface area contributed by atoms with E-state index in [1.807, 2.05) is 0 Å². The molecule has 8 nitrogen and oxygen atoms in total. The number of nitrogens with one attached hydrogen (secondary N) is 3. The lowest BCUT2D eigenvalue weighted by Crippen LogP contribution is -2.49. The molecule has 0 saturated heterocycles. The van der Waals surface area contributed by atoms with Crippen LogP contribution in [0.2, 0.25) is 0 Å². The van der Waals surface area contributed by atoms with Crippen molar-refractivity contribution in [3.05, 3.63) is 0 Å². The molecular weight excluding hydrogens is 254 g/mol. The third-order valence-corrected chi connectivity index (χ3v) is 2.65. The van der Waals surface area contributed by atoms with Gasteiger partial charge in [-0.3, -0.25) is 4.79 Å². The topological polar surface area (TPSA) is 128 Å². The third-order valence-electron chi connectivity index (χ3n) is 2.65. The van der Waals surface area contributed by atoms with Crippen LogP contribution in [0.5, 0.6) is 0 Å². The van der Waals surface area contributed by atoms with Crippen molar-refractivity contribution >= 4 is 17.9 Å². The Morgan fingerprint density at radius 2 is 1.95 bits per heavy atom. The van der Waals surface area contributed by atoms with Gasteiger partial charge in [-0.25, -0.2) is 9.59 Å². The predicted octanol–water partition coefficient (Wildman–Crippen LogP) is -1.21. The highest BCUT2D eigenvalue weighted by molar-refractivity contribution is 5.87. The molecular formula is C11H19N3O5. The maximum atomic E-state index is 11.5. The number of aliphatic carboxylic acids is 1. The van der Waals surface area contributed by atoms with Crippen LogP contribution in [0.25, 0.3) is 0 Å². The van der Waals surface area contributed by atoms with Crippen molar-refractivity contribution in [2.24, 2.45) is 0 Å². The van der Waals surface area contributed by atoms with Crippen molar-refractivity contribution in [2.45, 2.75) is 44.4 Å². The SMILES string of the molecule is CC(NC(=O)NCCC(O)C(=O)O)C(=O)NC1CC1. The highest BCUT2D eigenvalue weighted by atomic mass is 16.4. The summed E-state index contributed by atoms with van der Waals surface area (Å²) < 4.78 is 0. The summed E-state index contributed by atoms with van der Waals surface area (Å²) >= 11 is 0. The first-order valence-corrected chi connectivity index (χ1v) is 6.15. The van der Waals surface area contributed by atoms with Gasteiger partial charge < -0.3 is 26.2 Å². The van der Waals surface area contributed by atoms with Gasteiger partial charge in [0.05, 0.1) is 0 Å². The summed E-state index contributed by atoms with van der Waals surface area (Å²) in [4.78, 5) is 33.2. The second kappa shape index (κ2) is 6.93. The minimum absolute atomic E-state index is 0.0102. The standard InChI is InChI=1S/C11H19N3O5/c1-6(9(16)14-7-2-3-7)13-11(19)12-5-4-8(15)10(17)18/h6-8,15H,2-5H2,1H3,(H,14,16)(H,17,18)(H2,12,13,19). The smallest absolute Gasteiger partial charge is 0.332 e. The predicted molar refractivity (Wildman–Crippen MR) is 65.4 cm³/mol. The number of aliphatic hydroxyl groups excluding tert-OH is 1. The van der Waals surface area contributed by atoms with Crippen LogP contribution in [0.1, 0.15) is 26.2 Å². The van der Waals surface area contributed by atoms with E-state index in [4.69, 9.17) is 10.2 Å². The van der Waals surface area contributed by atoms with Crippen molar-refractivity contribution in [1.29, 1.82) is 0 Å². The molecule has 5 N–H and O–H groups in total. The van der Waals surface area contributed by atoms with Crippen LogP contribution in [0.15, 0.2) is 0 Å². The van der Waals surface area contributed by atoms with Crippen LogP contribution in [0.3, 0.4) is 0 Å². The summed E-state index contributed by atoms with van der Waals surface area (Å²) in [6.45, 7) is 1.57. The minimum atomic E-state index is -1.50. The van der Waals surface area contributed by atoms with Gasteiger partial charge in [-0.2, -0.15) is 0 Å². The second-order valence-corrected chi connectivity index (χ2v) is 4.55. The molecule has 0 heterocycles. The minimum Gasteiger partial charge on any atom is -0.479 e. The molecule has 0 aromatic heterocycles. The highest BCUT2D eigenvalue weighted by Crippen LogP contribution is 2.18. The van der Waals surface area contributed by atoms with Crippen LogP contribution in [-0.2, 0) is 9.59 Å². The summed E-state index contributed by atoms with van der Waals surface area (Å²) in [5.41, 5.74) is 0. The molecule has 0 aromatic rings. The first-order chi connectivity index (χ1) is 8.90. The molecule has 19 heavy (non-hydrogen) atoms. The first-order valence-electron chi connectivity index (χ1n) is 6.15. The van der Waals surface area contributed by atoms with E-state index >= 15 is 0 Å². The number of amides is 3. The number of carbonyl (C=O) groups excluding carboxylic acids is 2. The second-order valence-electron chi connectivity index (χ2n) is 4.55. The summed E-state index contributed by atoms with van der Waals surface area (Å²) in [7, 11) is 0. The number of carboxylic acids is 1. The van der Waals surface area contributed by atoms with E-state index < -0.39 is 24.1 Å². The Labute approximate surface area is 110 Å². The van der Waals surface area contributed by atoms with Crippen LogP contribution in [0.4, 0.5) is 4.79 Å². The Morgan fingerprint density at radius 3 is 2.47 bits per heavy atom. The average molecular weight is 273 g/mol. The number of urea groups is 1. The van der Waals surface area contributed by atoms with Gasteiger partial charge in [-0.1, -0.05) is 0 Å². The van der Waals surface area contributed by atoms with Gasteiger partial charge in [0, 0.05) is 19.0 Å². The maximum Gasteiger partial charge on any atom is 0.332 e. The number of hydrogen-bond acceptors (Lipinski definition) is 4. The molecule has 1 saturated carbocycles. The van der Waals surface area contributed by atoms with Crippen LogP contribution in [-0.4, -0.2) is 52.9 Å². The fourth-order valence-corrected chi connectivity index (χ4v) is 1.31. The van der Waals surface area contributed by atoms with Crippen LogP contribution in [0, 0.1) is 0 Å². The van der Waals surface area contributed by atoms with Crippen molar-refractivity contribution in [2.75, 3.05) is 6.54 Å². The highest BCUT2D eigenvalue weighted by Gasteiger charge is 2.26. The Kier molecular flexibility index (Phi) is 5.56. The van der Waals surface area contributed by atoms with E-state index in [9.17, 15) is 14.4 Å². The molecule has 2 atom stereocenters. The maximum absolute atomic E-state index is 11.5. The summed E-state index contributed by atoms with van der Waals surface area (Å²) in [5.74, 6) is -1.58. The van der Waals surface area contributed by atoms with Crippen LogP contribution >= 0.6 is 0 Å². The summed E-state index contributed by atoms with van der Waals surface area (Å²) in [5, 5.41) is 24.9. The lowest BCUT2D eigenvalue weighted by atomic mass is 10.2. The Morgan fingerprint density at radius 1 is 1.32 bits per heavy atom. The Bertz CT molecular complexity index is 356. The number of rotatable bonds is 7. The quantitative estimate of drug-likeness (QED) is 0.397. The van der Waals surface area contributed by atoms with E-state index in [2.05, 4.69) is 16.0 Å². The fraction of sp³-hybridized carbons (Fsp3) is 0.727. The third kappa shape index (κ3) is 6.05. The summed E-state index contributed by atoms with van der Waals surface area (Å²) in [6.07, 6.45) is 0.344. The molecule has 0 aromatic carbocycles. The molecule has 0 bridgehead atoms. The normalized spacial score (nSPS) is 17.2. The largest absolute Gasteiger partial charge is 0.479 e. The number of carboxylic acid groups (broad SMARTS) is 1. The van der Waals surface area contributed by atoms with Crippen molar-refractivity contribution in [3.8, 4) is 0 Å². The zero-order chi connectivity index (χ0) is 14.4. The molecule has 3 amide bonds. The van der Waals surface area contributed by atoms with Gasteiger partial charge in [0.25, 0.3) is 0 Å². The van der Waals surface area contributed by atoms with Gasteiger partial charge >= 0.3 is 12.0 Å². The zero-order valence-electron chi connectivity index (χ0n) is 10.7. The van der Waals surface area contributed by atoms with E-state index in [0.29, 0.717) is 0 Å². The molecule has 1 aliphatic rings. The molecule has 0 spiro atoms. The fourth-order valence-electron chi connectivity index (χ4n) is 1.31. The van der Waals surface area contributed by atoms with Crippen molar-refractivity contribution < 1.29 is 24.6 Å². The molecule has 8 heteroatoms. The molecule has 108 valence electrons. The zero-order valence-corrected chi connectivity index (χ0v) is 10.7. The molecule has 2 unspecified atom stereocenters. The van der Waals surface area contributed by atoms with Gasteiger partial charge in [0.15, 0.2) is 6.10 Å². The first kappa shape index (κ1) is 15.2. The monoisotopic (exact) mass is 273 g/mol. The van der Waals surface area contributed by atoms with Gasteiger partial charge in [0.1, 0.15) is 6.04 Å². The van der Waals surface area contributed by atoms with Gasteiger partial charge in [-0.15, -0.1) is 0 Å². The van der Waals surface area contributed by atoms with E-state index in [0.717, 1.165) is 12.8 Å². The van der Waals surface area contributed by atoms with E-state index in [1.165, 1.54) is 0 Å². The molecule has 0 aliphatic heterocycles. The average Bonchev–Trinajstić information content (AvgIpc) is 3.12. The van der Waals surface area contributed by atoms with Crippen molar-refractivity contribution in [1.82, 2.24) is 16.0 Å². The molecule has 1 fully saturated rings.